The molecule has 148 valence electrons. The summed E-state index contributed by atoms with van der Waals surface area (Å²) >= 11 is 1.33. The first-order valence-corrected chi connectivity index (χ1v) is 9.68. The number of aromatic nitrogens is 2. The highest BCUT2D eigenvalue weighted by Crippen LogP contribution is 2.30. The van der Waals surface area contributed by atoms with Crippen LogP contribution < -0.4 is 10.3 Å². The smallest absolute Gasteiger partial charge is 0.262 e. The zero-order valence-electron chi connectivity index (χ0n) is 15.1. The van der Waals surface area contributed by atoms with Gasteiger partial charge in [0.1, 0.15) is 34.9 Å². The molecular weight excluding hydrogens is 398 g/mol. The van der Waals surface area contributed by atoms with Crippen molar-refractivity contribution in [2.45, 2.75) is 12.6 Å². The molecule has 2 aromatic carbocycles. The van der Waals surface area contributed by atoms with Crippen LogP contribution in [0.4, 0.5) is 8.78 Å². The molecule has 2 aromatic heterocycles. The Morgan fingerprint density at radius 1 is 1.07 bits per heavy atom. The Balaban J connectivity index is 1.55. The average Bonchev–Trinajstić information content (AvgIpc) is 3.15. The van der Waals surface area contributed by atoms with Crippen LogP contribution in [0.2, 0.25) is 0 Å². The molecule has 0 unspecified atom stereocenters. The molecular formula is C21H16F2N2O3S. The summed E-state index contributed by atoms with van der Waals surface area (Å²) in [7, 11) is 0. The number of benzene rings is 2. The quantitative estimate of drug-likeness (QED) is 0.521. The van der Waals surface area contributed by atoms with Gasteiger partial charge in [-0.3, -0.25) is 9.36 Å². The Labute approximate surface area is 168 Å². The lowest BCUT2D eigenvalue weighted by Gasteiger charge is -2.14. The molecule has 0 saturated carbocycles. The van der Waals surface area contributed by atoms with Crippen molar-refractivity contribution in [1.29, 1.82) is 0 Å². The van der Waals surface area contributed by atoms with Crippen molar-refractivity contribution >= 4 is 21.6 Å². The summed E-state index contributed by atoms with van der Waals surface area (Å²) < 4.78 is 32.9. The standard InChI is InChI=1S/C21H16F2N2O3S/c22-14-3-1-13(2-4-14)18-11-29-20-19(18)21(27)25(12-24-20)9-16(26)10-28-17-7-5-15(23)6-8-17/h1-8,11-12,16,26H,9-10H2/t16-/m1/s1. The van der Waals surface area contributed by atoms with E-state index in [-0.39, 0.29) is 30.3 Å². The van der Waals surface area contributed by atoms with Crippen LogP contribution in [0.1, 0.15) is 0 Å². The van der Waals surface area contributed by atoms with Crippen molar-refractivity contribution in [3.63, 3.8) is 0 Å². The minimum absolute atomic E-state index is 0.0122. The van der Waals surface area contributed by atoms with Crippen molar-refractivity contribution < 1.29 is 18.6 Å². The van der Waals surface area contributed by atoms with Crippen molar-refractivity contribution in [3.05, 3.63) is 82.2 Å². The highest BCUT2D eigenvalue weighted by atomic mass is 32.1. The molecule has 0 bridgehead atoms. The van der Waals surface area contributed by atoms with Crippen LogP contribution in [0.5, 0.6) is 5.75 Å². The molecule has 29 heavy (non-hydrogen) atoms. The molecule has 1 atom stereocenters. The summed E-state index contributed by atoms with van der Waals surface area (Å²) in [6, 6.07) is 11.3. The minimum Gasteiger partial charge on any atom is -0.491 e. The third kappa shape index (κ3) is 4.18. The normalized spacial score (nSPS) is 12.2. The second-order valence-electron chi connectivity index (χ2n) is 6.46. The fourth-order valence-corrected chi connectivity index (χ4v) is 3.85. The molecule has 5 nitrogen and oxygen atoms in total. The molecule has 8 heteroatoms. The van der Waals surface area contributed by atoms with E-state index in [1.165, 1.54) is 58.6 Å². The maximum Gasteiger partial charge on any atom is 0.262 e. The van der Waals surface area contributed by atoms with Gasteiger partial charge in [0.15, 0.2) is 0 Å². The van der Waals surface area contributed by atoms with E-state index in [1.54, 1.807) is 12.1 Å². The Morgan fingerprint density at radius 2 is 1.72 bits per heavy atom. The second-order valence-corrected chi connectivity index (χ2v) is 7.32. The molecule has 0 radical (unpaired) electrons. The third-order valence-corrected chi connectivity index (χ3v) is 5.27. The molecule has 0 saturated heterocycles. The van der Waals surface area contributed by atoms with E-state index in [0.717, 1.165) is 5.56 Å². The highest BCUT2D eigenvalue weighted by molar-refractivity contribution is 7.17. The number of hydrogen-bond donors (Lipinski definition) is 1. The lowest BCUT2D eigenvalue weighted by Crippen LogP contribution is -2.30. The van der Waals surface area contributed by atoms with Gasteiger partial charge in [0.05, 0.1) is 18.3 Å². The molecule has 1 N–H and O–H groups in total. The van der Waals surface area contributed by atoms with Crippen molar-refractivity contribution in [3.8, 4) is 16.9 Å². The van der Waals surface area contributed by atoms with Gasteiger partial charge in [0.25, 0.3) is 5.56 Å². The van der Waals surface area contributed by atoms with E-state index in [1.807, 2.05) is 5.38 Å². The largest absolute Gasteiger partial charge is 0.491 e. The fourth-order valence-electron chi connectivity index (χ4n) is 2.94. The summed E-state index contributed by atoms with van der Waals surface area (Å²) in [5, 5.41) is 12.5. The topological polar surface area (TPSA) is 64.4 Å². The monoisotopic (exact) mass is 414 g/mol. The molecule has 2 heterocycles. The predicted molar refractivity (Wildman–Crippen MR) is 107 cm³/mol. The second kappa shape index (κ2) is 8.10. The number of ether oxygens (including phenoxy) is 1. The van der Waals surface area contributed by atoms with E-state index in [9.17, 15) is 18.7 Å². The lowest BCUT2D eigenvalue weighted by atomic mass is 10.1. The Hall–Kier alpha value is -3.10. The molecule has 4 aromatic rings. The summed E-state index contributed by atoms with van der Waals surface area (Å²) in [4.78, 5) is 17.8. The van der Waals surface area contributed by atoms with Crippen LogP contribution in [0.3, 0.4) is 0 Å². The number of halogens is 2. The van der Waals surface area contributed by atoms with Crippen molar-refractivity contribution in [1.82, 2.24) is 9.55 Å². The zero-order valence-corrected chi connectivity index (χ0v) is 15.9. The SMILES string of the molecule is O=c1c2c(-c3ccc(F)cc3)csc2ncn1C[C@@H](O)COc1ccc(F)cc1. The van der Waals surface area contributed by atoms with E-state index < -0.39 is 6.10 Å². The molecule has 0 spiro atoms. The van der Waals surface area contributed by atoms with Crippen LogP contribution >= 0.6 is 11.3 Å². The molecule has 0 aliphatic carbocycles. The number of fused-ring (bicyclic) bond motifs is 1. The molecule has 0 fully saturated rings. The summed E-state index contributed by atoms with van der Waals surface area (Å²) in [5.41, 5.74) is 1.10. The first-order chi connectivity index (χ1) is 14.0. The molecule has 0 aliphatic rings. The zero-order chi connectivity index (χ0) is 20.4. The van der Waals surface area contributed by atoms with Crippen LogP contribution in [0, 0.1) is 11.6 Å². The number of aliphatic hydroxyl groups excluding tert-OH is 1. The number of hydrogen-bond acceptors (Lipinski definition) is 5. The minimum atomic E-state index is -0.968. The van der Waals surface area contributed by atoms with Gasteiger partial charge in [-0.25, -0.2) is 13.8 Å². The number of thiophene rings is 1. The summed E-state index contributed by atoms with van der Waals surface area (Å²) in [5.74, 6) is -0.313. The average molecular weight is 414 g/mol. The Morgan fingerprint density at radius 3 is 2.41 bits per heavy atom. The summed E-state index contributed by atoms with van der Waals surface area (Å²) in [6.45, 7) is -0.0771. The molecule has 4 rings (SSSR count). The van der Waals surface area contributed by atoms with Crippen LogP contribution in [0.15, 0.2) is 65.0 Å². The van der Waals surface area contributed by atoms with E-state index in [2.05, 4.69) is 4.98 Å². The van der Waals surface area contributed by atoms with Crippen molar-refractivity contribution in [2.24, 2.45) is 0 Å². The molecule has 0 aliphatic heterocycles. The van der Waals surface area contributed by atoms with Crippen LogP contribution in [-0.4, -0.2) is 27.4 Å². The summed E-state index contributed by atoms with van der Waals surface area (Å²) in [6.07, 6.45) is 0.418. The van der Waals surface area contributed by atoms with E-state index in [0.29, 0.717) is 21.5 Å². The Kier molecular flexibility index (Phi) is 5.37. The van der Waals surface area contributed by atoms with E-state index >= 15 is 0 Å². The maximum absolute atomic E-state index is 13.2. The first kappa shape index (κ1) is 19.2. The van der Waals surface area contributed by atoms with Gasteiger partial charge < -0.3 is 9.84 Å². The lowest BCUT2D eigenvalue weighted by molar-refractivity contribution is 0.0914. The van der Waals surface area contributed by atoms with Crippen LogP contribution in [0.25, 0.3) is 21.3 Å². The predicted octanol–water partition coefficient (Wildman–Crippen LogP) is 3.84. The van der Waals surface area contributed by atoms with Gasteiger partial charge in [-0.2, -0.15) is 0 Å². The number of rotatable bonds is 6. The molecule has 0 amide bonds. The van der Waals surface area contributed by atoms with Crippen molar-refractivity contribution in [2.75, 3.05) is 6.61 Å². The third-order valence-electron chi connectivity index (χ3n) is 4.38. The maximum atomic E-state index is 13.2. The van der Waals surface area contributed by atoms with Gasteiger partial charge >= 0.3 is 0 Å². The van der Waals surface area contributed by atoms with Gasteiger partial charge in [-0.05, 0) is 42.0 Å². The Bertz CT molecular complexity index is 1190. The van der Waals surface area contributed by atoms with Crippen LogP contribution in [-0.2, 0) is 6.54 Å². The number of aliphatic hydroxyl groups is 1. The van der Waals surface area contributed by atoms with Gasteiger partial charge in [0, 0.05) is 10.9 Å². The highest BCUT2D eigenvalue weighted by Gasteiger charge is 2.15. The number of nitrogens with zero attached hydrogens (tertiary/aromatic N) is 2. The van der Waals surface area contributed by atoms with E-state index in [4.69, 9.17) is 4.74 Å². The van der Waals surface area contributed by atoms with Gasteiger partial charge in [0.2, 0.25) is 0 Å². The fraction of sp³-hybridized carbons (Fsp3) is 0.143. The van der Waals surface area contributed by atoms with Gasteiger partial charge in [-0.15, -0.1) is 11.3 Å². The first-order valence-electron chi connectivity index (χ1n) is 8.80. The van der Waals surface area contributed by atoms with Gasteiger partial charge in [-0.1, -0.05) is 12.1 Å².